The summed E-state index contributed by atoms with van der Waals surface area (Å²) in [7, 11) is 1.63. The summed E-state index contributed by atoms with van der Waals surface area (Å²) in [6.45, 7) is 1.88. The number of rotatable bonds is 6. The molecular formula is C27H29N3O4. The van der Waals surface area contributed by atoms with Gasteiger partial charge in [-0.2, -0.15) is 0 Å². The summed E-state index contributed by atoms with van der Waals surface area (Å²) in [5.74, 6) is 2.17. The van der Waals surface area contributed by atoms with E-state index in [1.165, 1.54) is 0 Å². The molecule has 0 radical (unpaired) electrons. The molecule has 1 atom stereocenters. The Morgan fingerprint density at radius 1 is 1.03 bits per heavy atom. The number of carbonyl (C=O) groups excluding carboxylic acids is 1. The van der Waals surface area contributed by atoms with E-state index in [0.717, 1.165) is 36.4 Å². The van der Waals surface area contributed by atoms with Crippen molar-refractivity contribution in [2.24, 2.45) is 0 Å². The Morgan fingerprint density at radius 3 is 2.53 bits per heavy atom. The number of amides is 1. The Bertz CT molecular complexity index is 1110. The highest BCUT2D eigenvalue weighted by Crippen LogP contribution is 2.38. The maximum Gasteiger partial charge on any atom is 0.257 e. The molecule has 0 bridgehead atoms. The molecule has 1 aromatic heterocycles. The molecule has 1 N–H and O–H groups in total. The molecule has 176 valence electrons. The van der Waals surface area contributed by atoms with Crippen LogP contribution in [0.15, 0.2) is 72.9 Å². The molecule has 2 fully saturated rings. The standard InChI is InChI=1S/C27H29N3O4/c1-32-21-11-9-20(10-12-21)29-25-24(8-5-15-28-25)26(31)30-16-13-27(14-17-30)18-23(19-33-27)34-22-6-3-2-4-7-22/h2-12,15,23H,13-14,16-19H2,1H3,(H,28,29). The molecule has 3 aromatic rings. The molecule has 3 heterocycles. The van der Waals surface area contributed by atoms with Gasteiger partial charge in [0.15, 0.2) is 0 Å². The van der Waals surface area contributed by atoms with Crippen molar-refractivity contribution < 1.29 is 19.0 Å². The summed E-state index contributed by atoms with van der Waals surface area (Å²) in [4.78, 5) is 19.7. The first kappa shape index (κ1) is 22.2. The third kappa shape index (κ3) is 4.84. The van der Waals surface area contributed by atoms with Gasteiger partial charge in [-0.1, -0.05) is 18.2 Å². The van der Waals surface area contributed by atoms with Gasteiger partial charge in [0, 0.05) is 31.4 Å². The molecule has 1 amide bonds. The second kappa shape index (κ2) is 9.73. The lowest BCUT2D eigenvalue weighted by atomic mass is 9.87. The van der Waals surface area contributed by atoms with Gasteiger partial charge in [-0.15, -0.1) is 0 Å². The molecule has 0 saturated carbocycles. The van der Waals surface area contributed by atoms with Crippen LogP contribution in [0.1, 0.15) is 29.6 Å². The Labute approximate surface area is 199 Å². The van der Waals surface area contributed by atoms with E-state index in [4.69, 9.17) is 14.2 Å². The van der Waals surface area contributed by atoms with Gasteiger partial charge in [-0.3, -0.25) is 4.79 Å². The topological polar surface area (TPSA) is 72.9 Å². The molecule has 2 aromatic carbocycles. The van der Waals surface area contributed by atoms with Gasteiger partial charge in [0.2, 0.25) is 0 Å². The lowest BCUT2D eigenvalue weighted by Crippen LogP contribution is -2.46. The molecule has 7 heteroatoms. The average molecular weight is 460 g/mol. The zero-order valence-corrected chi connectivity index (χ0v) is 19.3. The van der Waals surface area contributed by atoms with Crippen LogP contribution in [0.5, 0.6) is 11.5 Å². The van der Waals surface area contributed by atoms with Crippen LogP contribution in [0.25, 0.3) is 0 Å². The Balaban J connectivity index is 1.21. The molecule has 0 aliphatic carbocycles. The fraction of sp³-hybridized carbons (Fsp3) is 0.333. The first-order valence-corrected chi connectivity index (χ1v) is 11.7. The molecule has 1 spiro atoms. The van der Waals surface area contributed by atoms with E-state index < -0.39 is 0 Å². The van der Waals surface area contributed by atoms with Crippen molar-refractivity contribution in [2.45, 2.75) is 31.0 Å². The highest BCUT2D eigenvalue weighted by Gasteiger charge is 2.44. The van der Waals surface area contributed by atoms with Crippen LogP contribution >= 0.6 is 0 Å². The smallest absolute Gasteiger partial charge is 0.257 e. The van der Waals surface area contributed by atoms with Gasteiger partial charge in [-0.25, -0.2) is 4.98 Å². The molecule has 2 saturated heterocycles. The second-order valence-corrected chi connectivity index (χ2v) is 8.80. The average Bonchev–Trinajstić information content (AvgIpc) is 3.27. The molecule has 5 rings (SSSR count). The van der Waals surface area contributed by atoms with E-state index in [1.807, 2.05) is 65.6 Å². The number of nitrogens with one attached hydrogen (secondary N) is 1. The van der Waals surface area contributed by atoms with Crippen LogP contribution in [0.2, 0.25) is 0 Å². The zero-order chi connectivity index (χ0) is 23.4. The zero-order valence-electron chi connectivity index (χ0n) is 19.3. The molecule has 7 nitrogen and oxygen atoms in total. The Hall–Kier alpha value is -3.58. The van der Waals surface area contributed by atoms with Crippen LogP contribution in [0.4, 0.5) is 11.5 Å². The monoisotopic (exact) mass is 459 g/mol. The highest BCUT2D eigenvalue weighted by atomic mass is 16.6. The second-order valence-electron chi connectivity index (χ2n) is 8.80. The van der Waals surface area contributed by atoms with Gasteiger partial charge in [0.05, 0.1) is 24.9 Å². The normalized spacial score (nSPS) is 19.1. The minimum Gasteiger partial charge on any atom is -0.497 e. The minimum absolute atomic E-state index is 0.0194. The lowest BCUT2D eigenvalue weighted by Gasteiger charge is -2.38. The predicted molar refractivity (Wildman–Crippen MR) is 130 cm³/mol. The predicted octanol–water partition coefficient (Wildman–Crippen LogP) is 4.68. The first-order valence-electron chi connectivity index (χ1n) is 11.7. The number of piperidine rings is 1. The summed E-state index contributed by atoms with van der Waals surface area (Å²) in [5.41, 5.74) is 1.19. The number of likely N-dealkylation sites (tertiary alicyclic amines) is 1. The van der Waals surface area contributed by atoms with Crippen LogP contribution in [0.3, 0.4) is 0 Å². The van der Waals surface area contributed by atoms with Crippen molar-refractivity contribution in [1.29, 1.82) is 0 Å². The number of methoxy groups -OCH3 is 1. The molecule has 1 unspecified atom stereocenters. The van der Waals surface area contributed by atoms with Crippen LogP contribution in [0, 0.1) is 0 Å². The summed E-state index contributed by atoms with van der Waals surface area (Å²) < 4.78 is 17.5. The van der Waals surface area contributed by atoms with Crippen molar-refractivity contribution in [1.82, 2.24) is 9.88 Å². The largest absolute Gasteiger partial charge is 0.497 e. The summed E-state index contributed by atoms with van der Waals surface area (Å²) >= 11 is 0. The Morgan fingerprint density at radius 2 is 1.79 bits per heavy atom. The molecule has 2 aliphatic rings. The molecule has 2 aliphatic heterocycles. The van der Waals surface area contributed by atoms with E-state index in [2.05, 4.69) is 10.3 Å². The van der Waals surface area contributed by atoms with E-state index in [1.54, 1.807) is 19.4 Å². The van der Waals surface area contributed by atoms with Gasteiger partial charge in [0.1, 0.15) is 23.4 Å². The number of nitrogens with zero attached hydrogens (tertiary/aromatic N) is 2. The number of anilines is 2. The third-order valence-electron chi connectivity index (χ3n) is 6.57. The summed E-state index contributed by atoms with van der Waals surface area (Å²) in [5, 5.41) is 3.27. The summed E-state index contributed by atoms with van der Waals surface area (Å²) in [6.07, 6.45) is 4.18. The van der Waals surface area contributed by atoms with Crippen molar-refractivity contribution in [2.75, 3.05) is 32.1 Å². The number of carbonyl (C=O) groups is 1. The third-order valence-corrected chi connectivity index (χ3v) is 6.57. The lowest BCUT2D eigenvalue weighted by molar-refractivity contribution is -0.0395. The van der Waals surface area contributed by atoms with E-state index in [9.17, 15) is 4.79 Å². The van der Waals surface area contributed by atoms with Crippen molar-refractivity contribution in [3.8, 4) is 11.5 Å². The highest BCUT2D eigenvalue weighted by molar-refractivity contribution is 5.99. The first-order chi connectivity index (χ1) is 16.6. The number of hydrogen-bond donors (Lipinski definition) is 1. The molecular weight excluding hydrogens is 430 g/mol. The van der Waals surface area contributed by atoms with Gasteiger partial charge in [-0.05, 0) is 61.4 Å². The van der Waals surface area contributed by atoms with Gasteiger partial charge in [0.25, 0.3) is 5.91 Å². The number of para-hydroxylation sites is 1. The fourth-order valence-electron chi connectivity index (χ4n) is 4.69. The van der Waals surface area contributed by atoms with Crippen molar-refractivity contribution >= 4 is 17.4 Å². The van der Waals surface area contributed by atoms with Gasteiger partial charge < -0.3 is 24.4 Å². The number of pyridine rings is 1. The number of benzene rings is 2. The van der Waals surface area contributed by atoms with Crippen LogP contribution < -0.4 is 14.8 Å². The number of ether oxygens (including phenoxy) is 3. The quantitative estimate of drug-likeness (QED) is 0.577. The fourth-order valence-corrected chi connectivity index (χ4v) is 4.69. The van der Waals surface area contributed by atoms with Gasteiger partial charge >= 0.3 is 0 Å². The van der Waals surface area contributed by atoms with E-state index in [-0.39, 0.29) is 17.6 Å². The van der Waals surface area contributed by atoms with Crippen LogP contribution in [-0.2, 0) is 4.74 Å². The summed E-state index contributed by atoms with van der Waals surface area (Å²) in [6, 6.07) is 21.0. The van der Waals surface area contributed by atoms with Crippen molar-refractivity contribution in [3.05, 3.63) is 78.5 Å². The minimum atomic E-state index is -0.213. The van der Waals surface area contributed by atoms with Crippen LogP contribution in [-0.4, -0.2) is 54.3 Å². The molecule has 34 heavy (non-hydrogen) atoms. The Kier molecular flexibility index (Phi) is 6.36. The van der Waals surface area contributed by atoms with E-state index in [0.29, 0.717) is 31.1 Å². The SMILES string of the molecule is COc1ccc(Nc2ncccc2C(=O)N2CCC3(CC2)CC(Oc2ccccc2)CO3)cc1. The van der Waals surface area contributed by atoms with Crippen molar-refractivity contribution in [3.63, 3.8) is 0 Å². The number of aromatic nitrogens is 1. The maximum atomic E-state index is 13.4. The number of hydrogen-bond acceptors (Lipinski definition) is 6. The van der Waals surface area contributed by atoms with E-state index >= 15 is 0 Å². The maximum absolute atomic E-state index is 13.4.